The fourth-order valence-electron chi connectivity index (χ4n) is 1.32. The third-order valence-electron chi connectivity index (χ3n) is 2.28. The number of hydrogen-bond donors (Lipinski definition) is 1. The molecule has 19 heavy (non-hydrogen) atoms. The fourth-order valence-corrected chi connectivity index (χ4v) is 2.29. The predicted octanol–water partition coefficient (Wildman–Crippen LogP) is 0.731. The second-order valence-corrected chi connectivity index (χ2v) is 5.48. The van der Waals surface area contributed by atoms with Crippen molar-refractivity contribution < 1.29 is 22.7 Å². The van der Waals surface area contributed by atoms with Gasteiger partial charge in [0.2, 0.25) is 10.0 Å². The summed E-state index contributed by atoms with van der Waals surface area (Å²) in [6.45, 7) is 2.79. The number of Topliss-reactive ketones (excluding diaryl/α,β-unsaturated/α-hetero) is 1. The van der Waals surface area contributed by atoms with Crippen LogP contribution in [0.2, 0.25) is 0 Å². The molecule has 0 aliphatic carbocycles. The van der Waals surface area contributed by atoms with E-state index in [2.05, 4.69) is 9.46 Å². The van der Waals surface area contributed by atoms with Gasteiger partial charge < -0.3 is 4.74 Å². The lowest BCUT2D eigenvalue weighted by molar-refractivity contribution is -0.141. The molecule has 0 unspecified atom stereocenters. The molecule has 0 atom stereocenters. The second kappa shape index (κ2) is 6.44. The summed E-state index contributed by atoms with van der Waals surface area (Å²) in [6, 6.07) is 5.46. The first kappa shape index (κ1) is 15.3. The van der Waals surface area contributed by atoms with Gasteiger partial charge in [-0.25, -0.2) is 8.42 Å². The van der Waals surface area contributed by atoms with Crippen molar-refractivity contribution in [3.63, 3.8) is 0 Å². The lowest BCUT2D eigenvalue weighted by Crippen LogP contribution is -2.30. The van der Waals surface area contributed by atoms with Crippen molar-refractivity contribution in [2.75, 3.05) is 13.2 Å². The Labute approximate surface area is 111 Å². The van der Waals surface area contributed by atoms with Crippen molar-refractivity contribution in [1.82, 2.24) is 4.72 Å². The van der Waals surface area contributed by atoms with Crippen LogP contribution in [0.3, 0.4) is 0 Å². The highest BCUT2D eigenvalue weighted by atomic mass is 32.2. The zero-order valence-corrected chi connectivity index (χ0v) is 11.5. The number of ether oxygens (including phenoxy) is 1. The van der Waals surface area contributed by atoms with E-state index in [-0.39, 0.29) is 17.3 Å². The van der Waals surface area contributed by atoms with E-state index >= 15 is 0 Å². The summed E-state index contributed by atoms with van der Waals surface area (Å²) < 4.78 is 30.4. The van der Waals surface area contributed by atoms with Crippen LogP contribution in [0.4, 0.5) is 0 Å². The van der Waals surface area contributed by atoms with E-state index in [1.54, 1.807) is 6.92 Å². The first-order valence-electron chi connectivity index (χ1n) is 5.63. The van der Waals surface area contributed by atoms with Crippen molar-refractivity contribution in [3.8, 4) is 0 Å². The summed E-state index contributed by atoms with van der Waals surface area (Å²) in [5.41, 5.74) is 0.421. The monoisotopic (exact) mass is 285 g/mol. The van der Waals surface area contributed by atoms with E-state index in [9.17, 15) is 18.0 Å². The molecule has 0 heterocycles. The highest BCUT2D eigenvalue weighted by molar-refractivity contribution is 7.89. The highest BCUT2D eigenvalue weighted by Gasteiger charge is 2.16. The minimum atomic E-state index is -3.78. The number of nitrogens with one attached hydrogen (secondary N) is 1. The number of benzene rings is 1. The van der Waals surface area contributed by atoms with Crippen molar-refractivity contribution in [2.24, 2.45) is 0 Å². The minimum absolute atomic E-state index is 0.0122. The van der Waals surface area contributed by atoms with E-state index in [0.29, 0.717) is 5.56 Å². The Kier molecular flexibility index (Phi) is 5.20. The normalized spacial score (nSPS) is 11.1. The number of rotatable bonds is 6. The smallest absolute Gasteiger partial charge is 0.321 e. The summed E-state index contributed by atoms with van der Waals surface area (Å²) in [5, 5.41) is 0. The van der Waals surface area contributed by atoms with Crippen LogP contribution in [0, 0.1) is 0 Å². The molecule has 1 N–H and O–H groups in total. The van der Waals surface area contributed by atoms with Gasteiger partial charge in [-0.3, -0.25) is 9.59 Å². The molecule has 1 aromatic rings. The maximum atomic E-state index is 11.8. The van der Waals surface area contributed by atoms with Gasteiger partial charge in [0.05, 0.1) is 11.5 Å². The van der Waals surface area contributed by atoms with Crippen LogP contribution in [0.25, 0.3) is 0 Å². The average molecular weight is 285 g/mol. The summed E-state index contributed by atoms with van der Waals surface area (Å²) in [7, 11) is -3.78. The zero-order valence-electron chi connectivity index (χ0n) is 10.7. The molecular weight excluding hydrogens is 270 g/mol. The van der Waals surface area contributed by atoms with Crippen molar-refractivity contribution in [1.29, 1.82) is 0 Å². The van der Waals surface area contributed by atoms with E-state index in [4.69, 9.17) is 0 Å². The minimum Gasteiger partial charge on any atom is -0.465 e. The SMILES string of the molecule is CCOC(=O)CNS(=O)(=O)c1ccc(C(C)=O)cc1. The highest BCUT2D eigenvalue weighted by Crippen LogP contribution is 2.10. The van der Waals surface area contributed by atoms with Crippen molar-refractivity contribution >= 4 is 21.8 Å². The summed E-state index contributed by atoms with van der Waals surface area (Å²) in [6.07, 6.45) is 0. The van der Waals surface area contributed by atoms with Crippen LogP contribution in [0.15, 0.2) is 29.2 Å². The van der Waals surface area contributed by atoms with Crippen LogP contribution in [-0.2, 0) is 19.6 Å². The van der Waals surface area contributed by atoms with Gasteiger partial charge in [0, 0.05) is 5.56 Å². The quantitative estimate of drug-likeness (QED) is 0.615. The Bertz CT molecular complexity index is 562. The standard InChI is InChI=1S/C12H15NO5S/c1-3-18-12(15)8-13-19(16,17)11-6-4-10(5-7-11)9(2)14/h4-7,13H,3,8H2,1-2H3. The molecule has 0 fully saturated rings. The molecule has 0 saturated heterocycles. The molecule has 0 radical (unpaired) electrons. The molecule has 0 aliphatic rings. The lowest BCUT2D eigenvalue weighted by Gasteiger charge is -2.06. The van der Waals surface area contributed by atoms with E-state index < -0.39 is 22.5 Å². The third-order valence-corrected chi connectivity index (χ3v) is 3.70. The molecule has 104 valence electrons. The Morgan fingerprint density at radius 3 is 2.26 bits per heavy atom. The number of carbonyl (C=O) groups is 2. The van der Waals surface area contributed by atoms with Gasteiger partial charge in [0.1, 0.15) is 6.54 Å². The molecule has 0 saturated carbocycles. The van der Waals surface area contributed by atoms with E-state index in [1.807, 2.05) is 0 Å². The number of ketones is 1. The molecular formula is C12H15NO5S. The molecule has 0 amide bonds. The van der Waals surface area contributed by atoms with Crippen LogP contribution in [0.1, 0.15) is 24.2 Å². The first-order chi connectivity index (χ1) is 8.86. The van der Waals surface area contributed by atoms with Crippen LogP contribution < -0.4 is 4.72 Å². The second-order valence-electron chi connectivity index (χ2n) is 3.71. The lowest BCUT2D eigenvalue weighted by atomic mass is 10.2. The summed E-state index contributed by atoms with van der Waals surface area (Å²) in [4.78, 5) is 22.1. The molecule has 0 spiro atoms. The molecule has 0 bridgehead atoms. The predicted molar refractivity (Wildman–Crippen MR) is 68.3 cm³/mol. The molecule has 7 heteroatoms. The Balaban J connectivity index is 2.77. The van der Waals surface area contributed by atoms with Crippen LogP contribution >= 0.6 is 0 Å². The Morgan fingerprint density at radius 2 is 1.79 bits per heavy atom. The average Bonchev–Trinajstić information content (AvgIpc) is 2.37. The van der Waals surface area contributed by atoms with Gasteiger partial charge in [-0.1, -0.05) is 12.1 Å². The number of sulfonamides is 1. The van der Waals surface area contributed by atoms with E-state index in [0.717, 1.165) is 0 Å². The molecule has 1 rings (SSSR count). The zero-order chi connectivity index (χ0) is 14.5. The Morgan fingerprint density at radius 1 is 1.21 bits per heavy atom. The van der Waals surface area contributed by atoms with Gasteiger partial charge in [-0.05, 0) is 26.0 Å². The largest absolute Gasteiger partial charge is 0.465 e. The molecule has 1 aromatic carbocycles. The fraction of sp³-hybridized carbons (Fsp3) is 0.333. The van der Waals surface area contributed by atoms with Crippen LogP contribution in [0.5, 0.6) is 0 Å². The molecule has 0 aromatic heterocycles. The van der Waals surface area contributed by atoms with Crippen LogP contribution in [-0.4, -0.2) is 33.3 Å². The Hall–Kier alpha value is -1.73. The van der Waals surface area contributed by atoms with Gasteiger partial charge in [0.15, 0.2) is 5.78 Å². The van der Waals surface area contributed by atoms with Gasteiger partial charge in [0.25, 0.3) is 0 Å². The van der Waals surface area contributed by atoms with Gasteiger partial charge >= 0.3 is 5.97 Å². The summed E-state index contributed by atoms with van der Waals surface area (Å²) >= 11 is 0. The number of esters is 1. The summed E-state index contributed by atoms with van der Waals surface area (Å²) in [5.74, 6) is -0.796. The van der Waals surface area contributed by atoms with Crippen molar-refractivity contribution in [3.05, 3.63) is 29.8 Å². The number of hydrogen-bond acceptors (Lipinski definition) is 5. The molecule has 0 aliphatic heterocycles. The first-order valence-corrected chi connectivity index (χ1v) is 7.11. The third kappa shape index (κ3) is 4.46. The molecule has 6 nitrogen and oxygen atoms in total. The van der Waals surface area contributed by atoms with Gasteiger partial charge in [-0.15, -0.1) is 0 Å². The van der Waals surface area contributed by atoms with E-state index in [1.165, 1.54) is 31.2 Å². The van der Waals surface area contributed by atoms with Crippen molar-refractivity contribution in [2.45, 2.75) is 18.7 Å². The van der Waals surface area contributed by atoms with Gasteiger partial charge in [-0.2, -0.15) is 4.72 Å². The number of carbonyl (C=O) groups excluding carboxylic acids is 2. The maximum absolute atomic E-state index is 11.8. The topological polar surface area (TPSA) is 89.5 Å². The maximum Gasteiger partial charge on any atom is 0.321 e.